The number of hydrogen-bond acceptors (Lipinski definition) is 2. The van der Waals surface area contributed by atoms with Crippen LogP contribution in [0.5, 0.6) is 0 Å². The van der Waals surface area contributed by atoms with Gasteiger partial charge < -0.3 is 4.90 Å². The highest BCUT2D eigenvalue weighted by molar-refractivity contribution is 5.91. The first kappa shape index (κ1) is 15.8. The monoisotopic (exact) mass is 286 g/mol. The van der Waals surface area contributed by atoms with Crippen LogP contribution in [-0.2, 0) is 4.79 Å². The number of carbonyl (C=O) groups excluding carboxylic acids is 1. The molecular formula is C18H26N2O. The fourth-order valence-corrected chi connectivity index (χ4v) is 2.74. The van der Waals surface area contributed by atoms with Crippen LogP contribution in [0.15, 0.2) is 36.4 Å². The maximum Gasteiger partial charge on any atom is 0.246 e. The first-order valence-corrected chi connectivity index (χ1v) is 7.89. The van der Waals surface area contributed by atoms with Crippen molar-refractivity contribution >= 4 is 12.0 Å². The zero-order chi connectivity index (χ0) is 15.1. The Hall–Kier alpha value is -1.61. The van der Waals surface area contributed by atoms with Crippen molar-refractivity contribution in [3.63, 3.8) is 0 Å². The number of piperidine rings is 1. The van der Waals surface area contributed by atoms with Gasteiger partial charge in [0.1, 0.15) is 0 Å². The Morgan fingerprint density at radius 2 is 2.10 bits per heavy atom. The van der Waals surface area contributed by atoms with Crippen LogP contribution in [0, 0.1) is 0 Å². The zero-order valence-electron chi connectivity index (χ0n) is 13.2. The van der Waals surface area contributed by atoms with Crippen LogP contribution in [0.25, 0.3) is 6.08 Å². The second kappa shape index (κ2) is 7.99. The summed E-state index contributed by atoms with van der Waals surface area (Å²) in [6, 6.07) is 10.6. The highest BCUT2D eigenvalue weighted by Gasteiger charge is 2.18. The van der Waals surface area contributed by atoms with Crippen molar-refractivity contribution in [2.24, 2.45) is 0 Å². The predicted molar refractivity (Wildman–Crippen MR) is 88.0 cm³/mol. The summed E-state index contributed by atoms with van der Waals surface area (Å²) in [5.41, 5.74) is 1.06. The normalized spacial score (nSPS) is 19.8. The van der Waals surface area contributed by atoms with E-state index in [2.05, 4.69) is 11.8 Å². The summed E-state index contributed by atoms with van der Waals surface area (Å²) < 4.78 is 0. The van der Waals surface area contributed by atoms with E-state index in [-0.39, 0.29) is 5.91 Å². The number of benzene rings is 1. The molecule has 114 valence electrons. The summed E-state index contributed by atoms with van der Waals surface area (Å²) in [6.45, 7) is 5.23. The molecule has 1 saturated heterocycles. The minimum atomic E-state index is 0.0727. The molecule has 0 unspecified atom stereocenters. The molecule has 2 rings (SSSR count). The molecule has 0 radical (unpaired) electrons. The van der Waals surface area contributed by atoms with Crippen LogP contribution in [0.1, 0.15) is 31.7 Å². The van der Waals surface area contributed by atoms with Gasteiger partial charge in [-0.05, 0) is 37.9 Å². The van der Waals surface area contributed by atoms with E-state index in [0.29, 0.717) is 6.04 Å². The van der Waals surface area contributed by atoms with E-state index in [1.165, 1.54) is 25.8 Å². The van der Waals surface area contributed by atoms with Crippen molar-refractivity contribution < 1.29 is 4.79 Å². The summed E-state index contributed by atoms with van der Waals surface area (Å²) in [4.78, 5) is 16.4. The van der Waals surface area contributed by atoms with Crippen molar-refractivity contribution in [1.29, 1.82) is 0 Å². The molecule has 0 aromatic heterocycles. The van der Waals surface area contributed by atoms with E-state index in [9.17, 15) is 4.79 Å². The number of carbonyl (C=O) groups is 1. The molecule has 1 aliphatic heterocycles. The van der Waals surface area contributed by atoms with Crippen LogP contribution in [0.3, 0.4) is 0 Å². The molecular weight excluding hydrogens is 260 g/mol. The summed E-state index contributed by atoms with van der Waals surface area (Å²) in [7, 11) is 1.88. The Morgan fingerprint density at radius 1 is 1.33 bits per heavy atom. The van der Waals surface area contributed by atoms with Crippen LogP contribution >= 0.6 is 0 Å². The van der Waals surface area contributed by atoms with Crippen molar-refractivity contribution in [2.75, 3.05) is 26.7 Å². The van der Waals surface area contributed by atoms with Gasteiger partial charge in [0, 0.05) is 32.3 Å². The van der Waals surface area contributed by atoms with Gasteiger partial charge in [-0.3, -0.25) is 9.69 Å². The average Bonchev–Trinajstić information content (AvgIpc) is 2.52. The van der Waals surface area contributed by atoms with Crippen LogP contribution < -0.4 is 0 Å². The number of rotatable bonds is 5. The Kier molecular flexibility index (Phi) is 6.00. The predicted octanol–water partition coefficient (Wildman–Crippen LogP) is 3.03. The minimum absolute atomic E-state index is 0.0727. The van der Waals surface area contributed by atoms with Crippen LogP contribution in [0.2, 0.25) is 0 Å². The van der Waals surface area contributed by atoms with Gasteiger partial charge in [0.05, 0.1) is 0 Å². The maximum absolute atomic E-state index is 12.1. The van der Waals surface area contributed by atoms with E-state index in [1.54, 1.807) is 11.0 Å². The first-order chi connectivity index (χ1) is 10.2. The number of likely N-dealkylation sites (tertiary alicyclic amines) is 1. The number of likely N-dealkylation sites (N-methyl/N-ethyl adjacent to an activating group) is 1. The molecule has 0 bridgehead atoms. The van der Waals surface area contributed by atoms with Crippen molar-refractivity contribution in [3.05, 3.63) is 42.0 Å². The fourth-order valence-electron chi connectivity index (χ4n) is 2.74. The molecule has 1 fully saturated rings. The second-order valence-corrected chi connectivity index (χ2v) is 5.88. The van der Waals surface area contributed by atoms with Gasteiger partial charge in [0.15, 0.2) is 0 Å². The third-order valence-corrected chi connectivity index (χ3v) is 4.26. The third kappa shape index (κ3) is 5.01. The highest BCUT2D eigenvalue weighted by atomic mass is 16.2. The zero-order valence-corrected chi connectivity index (χ0v) is 13.2. The average molecular weight is 286 g/mol. The van der Waals surface area contributed by atoms with Gasteiger partial charge in [-0.15, -0.1) is 0 Å². The van der Waals surface area contributed by atoms with Gasteiger partial charge in [-0.2, -0.15) is 0 Å². The SMILES string of the molecule is C[C@@H]1CCCCN1CCN(C)C(=O)/C=C/c1ccccc1. The molecule has 0 saturated carbocycles. The van der Waals surface area contributed by atoms with E-state index in [0.717, 1.165) is 18.7 Å². The smallest absolute Gasteiger partial charge is 0.246 e. The summed E-state index contributed by atoms with van der Waals surface area (Å²) >= 11 is 0. The quantitative estimate of drug-likeness (QED) is 0.777. The molecule has 3 heteroatoms. The molecule has 1 aromatic carbocycles. The molecule has 1 aliphatic rings. The van der Waals surface area contributed by atoms with Crippen molar-refractivity contribution in [3.8, 4) is 0 Å². The molecule has 21 heavy (non-hydrogen) atoms. The summed E-state index contributed by atoms with van der Waals surface area (Å²) in [5, 5.41) is 0. The fraction of sp³-hybridized carbons (Fsp3) is 0.500. The lowest BCUT2D eigenvalue weighted by Gasteiger charge is -2.34. The lowest BCUT2D eigenvalue weighted by atomic mass is 10.0. The van der Waals surface area contributed by atoms with Gasteiger partial charge in [0.2, 0.25) is 5.91 Å². The molecule has 1 heterocycles. The molecule has 0 aliphatic carbocycles. The topological polar surface area (TPSA) is 23.6 Å². The Labute approximate surface area is 128 Å². The lowest BCUT2D eigenvalue weighted by Crippen LogP contribution is -2.42. The number of hydrogen-bond donors (Lipinski definition) is 0. The van der Waals surface area contributed by atoms with E-state index >= 15 is 0 Å². The van der Waals surface area contributed by atoms with Crippen molar-refractivity contribution in [2.45, 2.75) is 32.2 Å². The Bertz CT molecular complexity index is 469. The van der Waals surface area contributed by atoms with Crippen LogP contribution in [-0.4, -0.2) is 48.4 Å². The molecule has 1 atom stereocenters. The van der Waals surface area contributed by atoms with E-state index < -0.39 is 0 Å². The van der Waals surface area contributed by atoms with E-state index in [4.69, 9.17) is 0 Å². The van der Waals surface area contributed by atoms with Crippen LogP contribution in [0.4, 0.5) is 0 Å². The highest BCUT2D eigenvalue weighted by Crippen LogP contribution is 2.15. The lowest BCUT2D eigenvalue weighted by molar-refractivity contribution is -0.125. The van der Waals surface area contributed by atoms with Gasteiger partial charge >= 0.3 is 0 Å². The minimum Gasteiger partial charge on any atom is -0.341 e. The molecule has 1 aromatic rings. The Balaban J connectivity index is 1.78. The van der Waals surface area contributed by atoms with Gasteiger partial charge in [-0.25, -0.2) is 0 Å². The van der Waals surface area contributed by atoms with Crippen molar-refractivity contribution in [1.82, 2.24) is 9.80 Å². The largest absolute Gasteiger partial charge is 0.341 e. The first-order valence-electron chi connectivity index (χ1n) is 7.89. The van der Waals surface area contributed by atoms with E-state index in [1.807, 2.05) is 43.5 Å². The third-order valence-electron chi connectivity index (χ3n) is 4.26. The number of amides is 1. The standard InChI is InChI=1S/C18H26N2O/c1-16-8-6-7-13-20(16)15-14-19(2)18(21)12-11-17-9-4-3-5-10-17/h3-5,9-12,16H,6-8,13-15H2,1-2H3/b12-11+/t16-/m1/s1. The van der Waals surface area contributed by atoms with Gasteiger partial charge in [-0.1, -0.05) is 36.8 Å². The summed E-state index contributed by atoms with van der Waals surface area (Å²) in [5.74, 6) is 0.0727. The molecule has 0 spiro atoms. The maximum atomic E-state index is 12.1. The van der Waals surface area contributed by atoms with Gasteiger partial charge in [0.25, 0.3) is 0 Å². The molecule has 3 nitrogen and oxygen atoms in total. The second-order valence-electron chi connectivity index (χ2n) is 5.88. The Morgan fingerprint density at radius 3 is 2.81 bits per heavy atom. The molecule has 0 N–H and O–H groups in total. The summed E-state index contributed by atoms with van der Waals surface area (Å²) in [6.07, 6.45) is 7.45. The number of nitrogens with zero attached hydrogens (tertiary/aromatic N) is 2. The molecule has 1 amide bonds.